The van der Waals surface area contributed by atoms with Gasteiger partial charge in [-0.2, -0.15) is 5.10 Å². The first-order valence-electron chi connectivity index (χ1n) is 4.67. The van der Waals surface area contributed by atoms with Crippen molar-refractivity contribution in [3.8, 4) is 0 Å². The van der Waals surface area contributed by atoms with E-state index < -0.39 is 4.92 Å². The van der Waals surface area contributed by atoms with Crippen LogP contribution < -0.4 is 5.43 Å². The molecule has 0 aliphatic rings. The summed E-state index contributed by atoms with van der Waals surface area (Å²) in [6.45, 7) is 3.89. The fourth-order valence-electron chi connectivity index (χ4n) is 0.928. The standard InChI is InChI=1S/C10H13N3O2/c1-3-8(2)11-12-9-5-4-6-10(7-9)13(14)15/h4-7,12H,3H2,1-2H3. The minimum Gasteiger partial charge on any atom is -0.278 e. The molecule has 0 unspecified atom stereocenters. The van der Waals surface area contributed by atoms with Gasteiger partial charge in [0.25, 0.3) is 5.69 Å². The lowest BCUT2D eigenvalue weighted by molar-refractivity contribution is -0.384. The normalized spacial score (nSPS) is 11.2. The van der Waals surface area contributed by atoms with Crippen molar-refractivity contribution >= 4 is 17.1 Å². The van der Waals surface area contributed by atoms with Gasteiger partial charge in [0, 0.05) is 17.8 Å². The maximum atomic E-state index is 10.5. The van der Waals surface area contributed by atoms with Gasteiger partial charge >= 0.3 is 0 Å². The summed E-state index contributed by atoms with van der Waals surface area (Å²) in [6, 6.07) is 6.25. The van der Waals surface area contributed by atoms with Gasteiger partial charge < -0.3 is 0 Å². The third-order valence-corrected chi connectivity index (χ3v) is 1.94. The molecule has 15 heavy (non-hydrogen) atoms. The molecule has 0 fully saturated rings. The predicted octanol–water partition coefficient (Wildman–Crippen LogP) is 2.79. The van der Waals surface area contributed by atoms with Crippen molar-refractivity contribution in [1.29, 1.82) is 0 Å². The number of hydrogen-bond donors (Lipinski definition) is 1. The fraction of sp³-hybridized carbons (Fsp3) is 0.300. The summed E-state index contributed by atoms with van der Waals surface area (Å²) in [4.78, 5) is 10.1. The molecule has 80 valence electrons. The number of nitrogens with one attached hydrogen (secondary N) is 1. The molecule has 0 atom stereocenters. The number of hydrazone groups is 1. The van der Waals surface area contributed by atoms with E-state index in [0.29, 0.717) is 5.69 Å². The third-order valence-electron chi connectivity index (χ3n) is 1.94. The molecule has 0 aliphatic heterocycles. The van der Waals surface area contributed by atoms with Crippen molar-refractivity contribution in [3.05, 3.63) is 34.4 Å². The van der Waals surface area contributed by atoms with Gasteiger partial charge in [-0.05, 0) is 19.4 Å². The molecule has 1 aromatic carbocycles. The van der Waals surface area contributed by atoms with Crippen molar-refractivity contribution in [2.45, 2.75) is 20.3 Å². The lowest BCUT2D eigenvalue weighted by atomic mass is 10.3. The molecule has 0 saturated heterocycles. The molecule has 1 aromatic rings. The van der Waals surface area contributed by atoms with E-state index >= 15 is 0 Å². The topological polar surface area (TPSA) is 67.5 Å². The summed E-state index contributed by atoms with van der Waals surface area (Å²) in [6.07, 6.45) is 0.849. The van der Waals surface area contributed by atoms with E-state index in [4.69, 9.17) is 0 Å². The van der Waals surface area contributed by atoms with Gasteiger partial charge in [-0.1, -0.05) is 13.0 Å². The molecule has 0 radical (unpaired) electrons. The number of nitrogens with zero attached hydrogens (tertiary/aromatic N) is 2. The number of nitro groups is 1. The summed E-state index contributed by atoms with van der Waals surface area (Å²) < 4.78 is 0. The molecule has 1 rings (SSSR count). The van der Waals surface area contributed by atoms with E-state index in [0.717, 1.165) is 12.1 Å². The first kappa shape index (κ1) is 11.2. The van der Waals surface area contributed by atoms with E-state index in [-0.39, 0.29) is 5.69 Å². The summed E-state index contributed by atoms with van der Waals surface area (Å²) in [5, 5.41) is 14.5. The predicted molar refractivity (Wildman–Crippen MR) is 60.1 cm³/mol. The number of rotatable bonds is 4. The van der Waals surface area contributed by atoms with Gasteiger partial charge in [0.05, 0.1) is 10.6 Å². The summed E-state index contributed by atoms with van der Waals surface area (Å²) in [7, 11) is 0. The second-order valence-corrected chi connectivity index (χ2v) is 3.12. The summed E-state index contributed by atoms with van der Waals surface area (Å²) >= 11 is 0. The number of hydrogen-bond acceptors (Lipinski definition) is 4. The van der Waals surface area contributed by atoms with Crippen molar-refractivity contribution in [3.63, 3.8) is 0 Å². The van der Waals surface area contributed by atoms with E-state index in [9.17, 15) is 10.1 Å². The largest absolute Gasteiger partial charge is 0.278 e. The first-order valence-corrected chi connectivity index (χ1v) is 4.67. The zero-order valence-electron chi connectivity index (χ0n) is 8.73. The van der Waals surface area contributed by atoms with Gasteiger partial charge in [-0.3, -0.25) is 15.5 Å². The monoisotopic (exact) mass is 207 g/mol. The third kappa shape index (κ3) is 3.38. The van der Waals surface area contributed by atoms with Gasteiger partial charge in [0.1, 0.15) is 0 Å². The summed E-state index contributed by atoms with van der Waals surface area (Å²) in [5.74, 6) is 0. The highest BCUT2D eigenvalue weighted by atomic mass is 16.6. The van der Waals surface area contributed by atoms with Gasteiger partial charge in [-0.25, -0.2) is 0 Å². The lowest BCUT2D eigenvalue weighted by Crippen LogP contribution is -1.96. The number of anilines is 1. The highest BCUT2D eigenvalue weighted by molar-refractivity contribution is 5.82. The van der Waals surface area contributed by atoms with E-state index in [2.05, 4.69) is 10.5 Å². The molecule has 5 nitrogen and oxygen atoms in total. The average molecular weight is 207 g/mol. The molecule has 0 amide bonds. The van der Waals surface area contributed by atoms with Crippen molar-refractivity contribution in [2.75, 3.05) is 5.43 Å². The van der Waals surface area contributed by atoms with Crippen LogP contribution in [-0.2, 0) is 0 Å². The molecular formula is C10H13N3O2. The molecule has 0 aromatic heterocycles. The molecule has 0 aliphatic carbocycles. The molecule has 0 saturated carbocycles. The molecule has 5 heteroatoms. The Morgan fingerprint density at radius 1 is 1.60 bits per heavy atom. The minimum atomic E-state index is -0.429. The Morgan fingerprint density at radius 3 is 2.93 bits per heavy atom. The summed E-state index contributed by atoms with van der Waals surface area (Å²) in [5.41, 5.74) is 4.40. The fourth-order valence-corrected chi connectivity index (χ4v) is 0.928. The zero-order valence-corrected chi connectivity index (χ0v) is 8.73. The Bertz CT molecular complexity index is 388. The highest BCUT2D eigenvalue weighted by Crippen LogP contribution is 2.16. The smallest absolute Gasteiger partial charge is 0.271 e. The second-order valence-electron chi connectivity index (χ2n) is 3.12. The molecule has 0 spiro atoms. The number of nitro benzene ring substituents is 1. The number of non-ortho nitro benzene ring substituents is 1. The molecule has 0 bridgehead atoms. The Balaban J connectivity index is 2.78. The quantitative estimate of drug-likeness (QED) is 0.469. The van der Waals surface area contributed by atoms with Crippen molar-refractivity contribution in [1.82, 2.24) is 0 Å². The van der Waals surface area contributed by atoms with Crippen LogP contribution in [0.2, 0.25) is 0 Å². The lowest BCUT2D eigenvalue weighted by Gasteiger charge is -2.01. The maximum Gasteiger partial charge on any atom is 0.271 e. The van der Waals surface area contributed by atoms with Crippen LogP contribution in [0.3, 0.4) is 0 Å². The van der Waals surface area contributed by atoms with Crippen molar-refractivity contribution in [2.24, 2.45) is 5.10 Å². The van der Waals surface area contributed by atoms with Gasteiger partial charge in [-0.15, -0.1) is 0 Å². The Hall–Kier alpha value is -1.91. The molecule has 1 N–H and O–H groups in total. The minimum absolute atomic E-state index is 0.0596. The number of benzene rings is 1. The van der Waals surface area contributed by atoms with Crippen LogP contribution in [0.25, 0.3) is 0 Å². The van der Waals surface area contributed by atoms with Crippen LogP contribution in [-0.4, -0.2) is 10.6 Å². The van der Waals surface area contributed by atoms with E-state index in [1.54, 1.807) is 12.1 Å². The molecular weight excluding hydrogens is 194 g/mol. The van der Waals surface area contributed by atoms with Crippen LogP contribution in [0.4, 0.5) is 11.4 Å². The van der Waals surface area contributed by atoms with Gasteiger partial charge in [0.15, 0.2) is 0 Å². The van der Waals surface area contributed by atoms with Crippen LogP contribution >= 0.6 is 0 Å². The highest BCUT2D eigenvalue weighted by Gasteiger charge is 2.04. The van der Waals surface area contributed by atoms with E-state index in [1.165, 1.54) is 12.1 Å². The maximum absolute atomic E-state index is 10.5. The average Bonchev–Trinajstić information content (AvgIpc) is 2.26. The van der Waals surface area contributed by atoms with Crippen molar-refractivity contribution < 1.29 is 4.92 Å². The Kier molecular flexibility index (Phi) is 3.79. The zero-order chi connectivity index (χ0) is 11.3. The molecule has 0 heterocycles. The SMILES string of the molecule is CCC(C)=NNc1cccc([N+](=O)[O-])c1. The van der Waals surface area contributed by atoms with E-state index in [1.807, 2.05) is 13.8 Å². The van der Waals surface area contributed by atoms with Crippen LogP contribution in [0.1, 0.15) is 20.3 Å². The van der Waals surface area contributed by atoms with Crippen LogP contribution in [0, 0.1) is 10.1 Å². The Morgan fingerprint density at radius 2 is 2.33 bits per heavy atom. The Labute approximate surface area is 88.0 Å². The first-order chi connectivity index (χ1) is 7.13. The second kappa shape index (κ2) is 5.09. The van der Waals surface area contributed by atoms with Gasteiger partial charge in [0.2, 0.25) is 0 Å². The van der Waals surface area contributed by atoms with Crippen LogP contribution in [0.15, 0.2) is 29.4 Å². The van der Waals surface area contributed by atoms with Crippen LogP contribution in [0.5, 0.6) is 0 Å².